The Morgan fingerprint density at radius 3 is 2.10 bits per heavy atom. The Labute approximate surface area is 165 Å². The van der Waals surface area contributed by atoms with Gasteiger partial charge < -0.3 is 14.5 Å². The Morgan fingerprint density at radius 2 is 1.52 bits per heavy atom. The Hall–Kier alpha value is -3.64. The highest BCUT2D eigenvalue weighted by Gasteiger charge is 2.35. The van der Waals surface area contributed by atoms with E-state index in [1.807, 2.05) is 0 Å². The van der Waals surface area contributed by atoms with Crippen LogP contribution in [0.1, 0.15) is 5.76 Å². The summed E-state index contributed by atoms with van der Waals surface area (Å²) in [5.41, 5.74) is -1.65. The number of anilines is 1. The van der Waals surface area contributed by atoms with Gasteiger partial charge in [-0.25, -0.2) is 13.2 Å². The highest BCUT2D eigenvalue weighted by molar-refractivity contribution is 5.94. The van der Waals surface area contributed by atoms with Crippen molar-refractivity contribution in [2.75, 3.05) is 11.9 Å². The lowest BCUT2D eigenvalue weighted by molar-refractivity contribution is -0.152. The van der Waals surface area contributed by atoms with Crippen molar-refractivity contribution in [1.29, 1.82) is 0 Å². The molecule has 0 radical (unpaired) electrons. The van der Waals surface area contributed by atoms with E-state index in [2.05, 4.69) is 14.5 Å². The fourth-order valence-corrected chi connectivity index (χ4v) is 2.42. The summed E-state index contributed by atoms with van der Waals surface area (Å²) in [4.78, 5) is 23.7. The quantitative estimate of drug-likeness (QED) is 0.358. The van der Waals surface area contributed by atoms with E-state index in [9.17, 15) is 44.7 Å². The van der Waals surface area contributed by atoms with Crippen LogP contribution in [0.4, 0.5) is 40.8 Å². The molecule has 0 aliphatic carbocycles. The van der Waals surface area contributed by atoms with Crippen molar-refractivity contribution < 1.29 is 49.1 Å². The van der Waals surface area contributed by atoms with Crippen molar-refractivity contribution in [1.82, 2.24) is 0 Å². The van der Waals surface area contributed by atoms with Gasteiger partial charge in [-0.2, -0.15) is 22.0 Å². The molecule has 5 nitrogen and oxygen atoms in total. The third-order valence-electron chi connectivity index (χ3n) is 3.81. The summed E-state index contributed by atoms with van der Waals surface area (Å²) in [6, 6.07) is 3.16. The lowest BCUT2D eigenvalue weighted by Gasteiger charge is -2.11. The summed E-state index contributed by atoms with van der Waals surface area (Å²) < 4.78 is 113. The monoisotopic (exact) mass is 453 g/mol. The Kier molecular flexibility index (Phi) is 5.61. The predicted molar refractivity (Wildman–Crippen MR) is 87.8 cm³/mol. The zero-order valence-electron chi connectivity index (χ0n) is 14.7. The Balaban J connectivity index is 1.79. The summed E-state index contributed by atoms with van der Waals surface area (Å²) in [5.74, 6) is -15.9. The molecule has 0 fully saturated rings. The molecule has 31 heavy (non-hydrogen) atoms. The van der Waals surface area contributed by atoms with Crippen LogP contribution in [0.2, 0.25) is 0 Å². The predicted octanol–water partition coefficient (Wildman–Crippen LogP) is 4.52. The Bertz CT molecular complexity index is 1220. The first-order valence-electron chi connectivity index (χ1n) is 7.99. The second-order valence-electron chi connectivity index (χ2n) is 5.92. The number of hydrogen-bond acceptors (Lipinski definition) is 4. The van der Waals surface area contributed by atoms with Crippen molar-refractivity contribution in [3.05, 3.63) is 69.3 Å². The highest BCUT2D eigenvalue weighted by Crippen LogP contribution is 2.31. The van der Waals surface area contributed by atoms with Crippen LogP contribution >= 0.6 is 0 Å². The summed E-state index contributed by atoms with van der Waals surface area (Å²) in [6.45, 7) is -1.20. The normalized spacial score (nSPS) is 11.6. The number of benzene rings is 2. The molecule has 0 saturated carbocycles. The molecule has 3 rings (SSSR count). The fourth-order valence-electron chi connectivity index (χ4n) is 2.42. The molecule has 1 aromatic heterocycles. The van der Waals surface area contributed by atoms with Crippen LogP contribution in [0.3, 0.4) is 0 Å². The maximum Gasteiger partial charge on any atom is 0.449 e. The molecule has 0 atom stereocenters. The second kappa shape index (κ2) is 7.89. The minimum absolute atomic E-state index is 0.148. The van der Waals surface area contributed by atoms with Gasteiger partial charge >= 0.3 is 6.18 Å². The van der Waals surface area contributed by atoms with Crippen LogP contribution in [0.25, 0.3) is 11.0 Å². The van der Waals surface area contributed by atoms with Gasteiger partial charge in [0.1, 0.15) is 5.58 Å². The smallest absolute Gasteiger partial charge is 0.449 e. The fraction of sp³-hybridized carbons (Fsp3) is 0.111. The topological polar surface area (TPSA) is 68.5 Å². The summed E-state index contributed by atoms with van der Waals surface area (Å²) >= 11 is 0. The zero-order valence-corrected chi connectivity index (χ0v) is 14.7. The number of carbonyl (C=O) groups is 1. The third-order valence-corrected chi connectivity index (χ3v) is 3.81. The van der Waals surface area contributed by atoms with Crippen molar-refractivity contribution in [2.24, 2.45) is 0 Å². The SMILES string of the molecule is O=C(COc1c(F)c(F)c(F)c(F)c1F)Nc1ccc2oc(C(F)(F)F)cc(=O)c2c1. The maximum absolute atomic E-state index is 13.5. The van der Waals surface area contributed by atoms with Crippen LogP contribution in [-0.4, -0.2) is 12.5 Å². The number of rotatable bonds is 4. The minimum atomic E-state index is -4.90. The summed E-state index contributed by atoms with van der Waals surface area (Å²) in [6.07, 6.45) is -4.90. The van der Waals surface area contributed by atoms with Gasteiger partial charge in [0.05, 0.1) is 5.39 Å². The van der Waals surface area contributed by atoms with Gasteiger partial charge in [-0.1, -0.05) is 0 Å². The molecule has 1 N–H and O–H groups in total. The van der Waals surface area contributed by atoms with E-state index in [0.717, 1.165) is 18.2 Å². The number of nitrogens with one attached hydrogen (secondary N) is 1. The van der Waals surface area contributed by atoms with Crippen LogP contribution in [0.5, 0.6) is 5.75 Å². The van der Waals surface area contributed by atoms with Gasteiger partial charge in [0.25, 0.3) is 5.91 Å². The summed E-state index contributed by atoms with van der Waals surface area (Å²) in [5, 5.41) is 1.76. The van der Waals surface area contributed by atoms with E-state index in [4.69, 9.17) is 0 Å². The largest absolute Gasteiger partial charge is 0.477 e. The molecule has 2 aromatic carbocycles. The summed E-state index contributed by atoms with van der Waals surface area (Å²) in [7, 11) is 0. The van der Waals surface area contributed by atoms with Crippen LogP contribution < -0.4 is 15.5 Å². The molecule has 0 saturated heterocycles. The molecule has 0 unspecified atom stereocenters. The van der Waals surface area contributed by atoms with Crippen molar-refractivity contribution >= 4 is 22.6 Å². The molecule has 1 amide bonds. The van der Waals surface area contributed by atoms with Crippen molar-refractivity contribution in [3.63, 3.8) is 0 Å². The first-order valence-corrected chi connectivity index (χ1v) is 7.99. The molecular weight excluding hydrogens is 446 g/mol. The van der Waals surface area contributed by atoms with Gasteiger partial charge in [0, 0.05) is 11.8 Å². The van der Waals surface area contributed by atoms with Crippen LogP contribution in [0.15, 0.2) is 33.5 Å². The molecule has 164 valence electrons. The lowest BCUT2D eigenvalue weighted by Crippen LogP contribution is -2.21. The standard InChI is InChI=1S/C18H7F8NO4/c19-12-13(20)15(22)17(16(23)14(12)21)30-5-11(29)27-6-1-2-9-7(3-6)8(28)4-10(31-9)18(24,25)26/h1-4H,5H2,(H,27,29). The molecule has 0 bridgehead atoms. The van der Waals surface area contributed by atoms with Gasteiger partial charge in [-0.3, -0.25) is 9.59 Å². The van der Waals surface area contributed by atoms with Crippen LogP contribution in [0, 0.1) is 29.1 Å². The molecule has 0 aliphatic rings. The van der Waals surface area contributed by atoms with E-state index in [1.165, 1.54) is 0 Å². The first-order chi connectivity index (χ1) is 14.4. The Morgan fingerprint density at radius 1 is 0.935 bits per heavy atom. The molecule has 0 spiro atoms. The van der Waals surface area contributed by atoms with E-state index < -0.39 is 70.3 Å². The molecule has 3 aromatic rings. The number of ether oxygens (including phenoxy) is 1. The zero-order chi connectivity index (χ0) is 23.1. The number of halogens is 8. The lowest BCUT2D eigenvalue weighted by atomic mass is 10.2. The van der Waals surface area contributed by atoms with E-state index in [0.29, 0.717) is 0 Å². The number of amides is 1. The average molecular weight is 453 g/mol. The van der Waals surface area contributed by atoms with E-state index in [1.54, 1.807) is 0 Å². The molecule has 1 heterocycles. The van der Waals surface area contributed by atoms with E-state index in [-0.39, 0.29) is 17.1 Å². The number of carbonyl (C=O) groups excluding carboxylic acids is 1. The molecule has 0 aliphatic heterocycles. The van der Waals surface area contributed by atoms with Crippen LogP contribution in [-0.2, 0) is 11.0 Å². The maximum atomic E-state index is 13.5. The number of alkyl halides is 3. The van der Waals surface area contributed by atoms with Gasteiger partial charge in [0.15, 0.2) is 17.8 Å². The van der Waals surface area contributed by atoms with E-state index >= 15 is 0 Å². The first kappa shape index (κ1) is 22.1. The average Bonchev–Trinajstić information content (AvgIpc) is 2.70. The molecule has 13 heteroatoms. The van der Waals surface area contributed by atoms with Crippen molar-refractivity contribution in [3.8, 4) is 5.75 Å². The van der Waals surface area contributed by atoms with Gasteiger partial charge in [0.2, 0.25) is 34.8 Å². The second-order valence-corrected chi connectivity index (χ2v) is 5.92. The number of fused-ring (bicyclic) bond motifs is 1. The van der Waals surface area contributed by atoms with Gasteiger partial charge in [-0.15, -0.1) is 0 Å². The van der Waals surface area contributed by atoms with Gasteiger partial charge in [-0.05, 0) is 18.2 Å². The number of hydrogen-bond donors (Lipinski definition) is 1. The highest BCUT2D eigenvalue weighted by atomic mass is 19.4. The van der Waals surface area contributed by atoms with Crippen molar-refractivity contribution in [2.45, 2.75) is 6.18 Å². The molecular formula is C18H7F8NO4. The third kappa shape index (κ3) is 4.29. The minimum Gasteiger partial charge on any atom is -0.477 e.